The Balaban J connectivity index is -0.00000154. The summed E-state index contributed by atoms with van der Waals surface area (Å²) in [7, 11) is 4.09. The van der Waals surface area contributed by atoms with Gasteiger partial charge in [-0.2, -0.15) is 12.6 Å². The van der Waals surface area contributed by atoms with Gasteiger partial charge in [-0.1, -0.05) is 19.0 Å². The first-order valence-electron chi connectivity index (χ1n) is 16.0. The van der Waals surface area contributed by atoms with Gasteiger partial charge in [0.2, 0.25) is 11.8 Å². The predicted octanol–water partition coefficient (Wildman–Crippen LogP) is -2.50. The number of carbonyl (C=O) groups is 4. The van der Waals surface area contributed by atoms with Gasteiger partial charge in [-0.3, -0.25) is 14.4 Å². The molecule has 48 heavy (non-hydrogen) atoms. The molecule has 0 fully saturated rings. The zero-order chi connectivity index (χ0) is 33.3. The maximum atomic E-state index is 13.6. The van der Waals surface area contributed by atoms with Crippen molar-refractivity contribution in [3.05, 3.63) is 18.1 Å². The number of hydrogen-bond acceptors (Lipinski definition) is 9. The third-order valence-corrected chi connectivity index (χ3v) is 8.37. The van der Waals surface area contributed by atoms with E-state index < -0.39 is 12.1 Å². The summed E-state index contributed by atoms with van der Waals surface area (Å²) in [5.41, 5.74) is 13.3. The van der Waals surface area contributed by atoms with Crippen LogP contribution in [-0.2, 0) is 19.2 Å². The molecule has 0 radical (unpaired) electrons. The van der Waals surface area contributed by atoms with E-state index in [0.29, 0.717) is 69.1 Å². The molecule has 0 aliphatic carbocycles. The predicted molar refractivity (Wildman–Crippen MR) is 194 cm³/mol. The Morgan fingerprint density at radius 3 is 1.96 bits per heavy atom. The molecule has 0 aliphatic heterocycles. The SMILES string of the molecule is C=C(N)NCCC[C@@H](CC[C@@H](CCCCCl)NC(=O)CCC(=O)[C@@H]([NH-])CS)C(=O)N[C@H](CCCCCl)C(=O)CCC[NH+](C)C.N.N.[Cl-].[Cl-]. The lowest BCUT2D eigenvalue weighted by atomic mass is 9.91. The molecule has 4 atom stereocenters. The molecule has 0 unspecified atom stereocenters. The summed E-state index contributed by atoms with van der Waals surface area (Å²) in [6.07, 6.45) is 7.88. The van der Waals surface area contributed by atoms with Gasteiger partial charge in [-0.05, 0) is 63.5 Å². The number of ketones is 2. The quantitative estimate of drug-likeness (QED) is 0.0229. The van der Waals surface area contributed by atoms with Gasteiger partial charge >= 0.3 is 0 Å². The van der Waals surface area contributed by atoms with Crippen molar-refractivity contribution >= 4 is 59.2 Å². The average Bonchev–Trinajstić information content (AvgIpc) is 2.97. The summed E-state index contributed by atoms with van der Waals surface area (Å²) in [5.74, 6) is 0.456. The normalized spacial score (nSPS) is 12.8. The fourth-order valence-electron chi connectivity index (χ4n) is 4.83. The summed E-state index contributed by atoms with van der Waals surface area (Å²) >= 11 is 15.8. The monoisotopic (exact) mass is 784 g/mol. The topological polar surface area (TPSA) is 229 Å². The van der Waals surface area contributed by atoms with Crippen LogP contribution in [0.4, 0.5) is 0 Å². The lowest BCUT2D eigenvalue weighted by molar-refractivity contribution is -0.858. The third kappa shape index (κ3) is 29.8. The molecule has 0 aromatic rings. The number of quaternary nitrogens is 1. The van der Waals surface area contributed by atoms with Crippen molar-refractivity contribution in [2.45, 2.75) is 108 Å². The highest BCUT2D eigenvalue weighted by Gasteiger charge is 2.26. The molecular weight excluding hydrogens is 722 g/mol. The van der Waals surface area contributed by atoms with E-state index >= 15 is 0 Å². The van der Waals surface area contributed by atoms with Gasteiger partial charge in [0, 0.05) is 55.9 Å². The minimum absolute atomic E-state index is 0. The van der Waals surface area contributed by atoms with E-state index in [-0.39, 0.29) is 91.1 Å². The molecule has 0 bridgehead atoms. The van der Waals surface area contributed by atoms with Crippen LogP contribution in [0.1, 0.15) is 89.9 Å². The second-order valence-corrected chi connectivity index (χ2v) is 12.9. The van der Waals surface area contributed by atoms with Crippen molar-refractivity contribution in [2.24, 2.45) is 11.7 Å². The van der Waals surface area contributed by atoms with Crippen molar-refractivity contribution in [1.29, 1.82) is 0 Å². The average molecular weight is 787 g/mol. The lowest BCUT2D eigenvalue weighted by Gasteiger charge is -2.25. The van der Waals surface area contributed by atoms with Gasteiger partial charge in [-0.25, -0.2) is 0 Å². The second kappa shape index (κ2) is 35.8. The van der Waals surface area contributed by atoms with Gasteiger partial charge in [0.15, 0.2) is 5.78 Å². The van der Waals surface area contributed by atoms with Crippen molar-refractivity contribution in [2.75, 3.05) is 44.7 Å². The van der Waals surface area contributed by atoms with Crippen molar-refractivity contribution in [1.82, 2.24) is 28.3 Å². The first-order chi connectivity index (χ1) is 20.9. The van der Waals surface area contributed by atoms with Crippen LogP contribution in [0.15, 0.2) is 12.4 Å². The number of thiol groups is 1. The Hall–Kier alpha value is -1.03. The Morgan fingerprint density at radius 2 is 1.42 bits per heavy atom. The zero-order valence-corrected chi connectivity index (χ0v) is 33.0. The molecule has 17 heteroatoms. The van der Waals surface area contributed by atoms with E-state index in [2.05, 4.69) is 35.2 Å². The van der Waals surface area contributed by atoms with Gasteiger partial charge in [-0.15, -0.1) is 23.2 Å². The molecule has 0 rings (SSSR count). The molecule has 0 aromatic carbocycles. The van der Waals surface area contributed by atoms with E-state index in [9.17, 15) is 19.2 Å². The summed E-state index contributed by atoms with van der Waals surface area (Å²) in [6, 6.07) is -1.68. The van der Waals surface area contributed by atoms with Crippen molar-refractivity contribution in [3.63, 3.8) is 0 Å². The van der Waals surface area contributed by atoms with Gasteiger partial charge < -0.3 is 74.2 Å². The van der Waals surface area contributed by atoms with Crippen molar-refractivity contribution in [3.8, 4) is 0 Å². The summed E-state index contributed by atoms with van der Waals surface area (Å²) in [4.78, 5) is 52.8. The number of halogens is 4. The maximum Gasteiger partial charge on any atom is 0.223 e. The maximum absolute atomic E-state index is 13.6. The van der Waals surface area contributed by atoms with Crippen LogP contribution in [-0.4, -0.2) is 86.2 Å². The number of nitrogens with two attached hydrogens (primary N) is 1. The summed E-state index contributed by atoms with van der Waals surface area (Å²) in [6.45, 7) is 5.10. The Bertz CT molecular complexity index is 865. The Kier molecular flexibility index (Phi) is 42.0. The first kappa shape index (κ1) is 56.3. The van der Waals surface area contributed by atoms with Crippen LogP contribution in [0.2, 0.25) is 0 Å². The number of carbonyl (C=O) groups excluding carboxylic acids is 4. The molecule has 0 aromatic heterocycles. The highest BCUT2D eigenvalue weighted by atomic mass is 35.5. The highest BCUT2D eigenvalue weighted by Crippen LogP contribution is 2.19. The minimum Gasteiger partial charge on any atom is -1.00 e. The number of hydrogen-bond donors (Lipinski definition) is 8. The molecule has 0 spiro atoms. The number of Topliss-reactive ketones (excluding diaryl/α,β-unsaturated/α-hetero) is 2. The number of alkyl halides is 2. The van der Waals surface area contributed by atoms with E-state index in [1.807, 2.05) is 14.1 Å². The highest BCUT2D eigenvalue weighted by molar-refractivity contribution is 7.80. The molecule has 2 amide bonds. The molecule has 12 nitrogen and oxygen atoms in total. The van der Waals surface area contributed by atoms with E-state index in [1.54, 1.807) is 0 Å². The number of nitrogens with one attached hydrogen (secondary N) is 5. The van der Waals surface area contributed by atoms with E-state index in [1.165, 1.54) is 4.90 Å². The number of rotatable bonds is 29. The van der Waals surface area contributed by atoms with Crippen LogP contribution in [0.5, 0.6) is 0 Å². The third-order valence-electron chi connectivity index (χ3n) is 7.47. The number of amides is 2. The zero-order valence-electron chi connectivity index (χ0n) is 29.0. The molecule has 13 N–H and O–H groups in total. The van der Waals surface area contributed by atoms with Crippen LogP contribution < -0.4 is 63.7 Å². The van der Waals surface area contributed by atoms with Crippen LogP contribution in [0.25, 0.3) is 5.73 Å². The van der Waals surface area contributed by atoms with Crippen LogP contribution in [0.3, 0.4) is 0 Å². The van der Waals surface area contributed by atoms with E-state index in [4.69, 9.17) is 34.7 Å². The Morgan fingerprint density at radius 1 is 0.812 bits per heavy atom. The van der Waals surface area contributed by atoms with E-state index in [0.717, 1.165) is 38.6 Å². The number of unbranched alkanes of at least 4 members (excludes halogenated alkanes) is 2. The van der Waals surface area contributed by atoms with Gasteiger partial charge in [0.05, 0.1) is 32.5 Å². The largest absolute Gasteiger partial charge is 1.00 e. The molecule has 0 aliphatic rings. The molecule has 0 heterocycles. The minimum atomic E-state index is -0.935. The second-order valence-electron chi connectivity index (χ2n) is 11.8. The molecule has 0 saturated carbocycles. The van der Waals surface area contributed by atoms with Crippen LogP contribution in [0, 0.1) is 5.92 Å². The van der Waals surface area contributed by atoms with Gasteiger partial charge in [0.25, 0.3) is 0 Å². The fourth-order valence-corrected chi connectivity index (χ4v) is 5.41. The van der Waals surface area contributed by atoms with Gasteiger partial charge in [0.1, 0.15) is 5.78 Å². The summed E-state index contributed by atoms with van der Waals surface area (Å²) in [5, 5.41) is 9.09. The Labute approximate surface area is 317 Å². The van der Waals surface area contributed by atoms with Crippen molar-refractivity contribution < 1.29 is 48.9 Å². The van der Waals surface area contributed by atoms with Crippen LogP contribution >= 0.6 is 35.8 Å². The first-order valence-corrected chi connectivity index (χ1v) is 17.7. The molecular formula is C31H64Cl4N8O4S-2. The molecule has 0 saturated heterocycles. The summed E-state index contributed by atoms with van der Waals surface area (Å²) < 4.78 is 0. The fraction of sp³-hybridized carbons (Fsp3) is 0.806. The smallest absolute Gasteiger partial charge is 0.223 e. The standard InChI is InChI=1S/C31H57Cl2N6O4S.2ClH.2H3N/c1-23(34)36-20-8-10-24(31(43)38-27(12-5-7-19-33)29(41)13-9-21-39(2)3)14-15-25(11-4-6-18-32)37-30(42)17-16-28(40)26(35)22-44;;;;/h24-27,35-36,44H,1,4-22,34H2,2-3H3,(H,37,42)(H,38,43);2*1H;2*1H3/q-1;;;;/p-1/t24-,25+,26-,27+;;;;/m0..../s1. The molecule has 288 valence electrons. The lowest BCUT2D eigenvalue weighted by Crippen LogP contribution is -3.05.